The van der Waals surface area contributed by atoms with Crippen LogP contribution in [-0.2, 0) is 23.0 Å². The number of aromatic nitrogens is 2. The molecule has 9 nitrogen and oxygen atoms in total. The van der Waals surface area contributed by atoms with E-state index in [1.807, 2.05) is 37.4 Å². The number of nitrogens with zero attached hydrogens (tertiary/aromatic N) is 3. The van der Waals surface area contributed by atoms with Crippen LogP contribution in [0.5, 0.6) is 5.75 Å². The van der Waals surface area contributed by atoms with Crippen LogP contribution in [0.2, 0.25) is 5.02 Å². The van der Waals surface area contributed by atoms with Crippen molar-refractivity contribution in [2.45, 2.75) is 39.2 Å². The fourth-order valence-electron chi connectivity index (χ4n) is 4.11. The van der Waals surface area contributed by atoms with E-state index < -0.39 is 0 Å². The van der Waals surface area contributed by atoms with Crippen LogP contribution in [0.4, 0.5) is 0 Å². The van der Waals surface area contributed by atoms with Crippen LogP contribution in [0, 0.1) is 0 Å². The summed E-state index contributed by atoms with van der Waals surface area (Å²) in [6.07, 6.45) is 3.62. The largest absolute Gasteiger partial charge is 0.492 e. The molecular weight excluding hydrogens is 532 g/mol. The number of Topliss-reactive ketones (excluding diaryl/α,β-unsaturated/α-hetero) is 1. The van der Waals surface area contributed by atoms with Gasteiger partial charge in [-0.2, -0.15) is 0 Å². The van der Waals surface area contributed by atoms with Gasteiger partial charge in [-0.25, -0.2) is 4.98 Å². The molecule has 0 radical (unpaired) electrons. The number of imidazole rings is 1. The van der Waals surface area contributed by atoms with Gasteiger partial charge in [-0.3, -0.25) is 19.3 Å². The predicted molar refractivity (Wildman–Crippen MR) is 155 cm³/mol. The molecule has 0 spiro atoms. The average molecular weight is 569 g/mol. The quantitative estimate of drug-likeness (QED) is 0.224. The van der Waals surface area contributed by atoms with Crippen LogP contribution in [0.25, 0.3) is 11.3 Å². The van der Waals surface area contributed by atoms with Crippen molar-refractivity contribution in [1.82, 2.24) is 19.8 Å². The Morgan fingerprint density at radius 2 is 1.82 bits per heavy atom. The summed E-state index contributed by atoms with van der Waals surface area (Å²) in [4.78, 5) is 43.1. The number of benzene rings is 2. The second-order valence-electron chi connectivity index (χ2n) is 9.93. The van der Waals surface area contributed by atoms with Crippen molar-refractivity contribution in [3.05, 3.63) is 70.6 Å². The lowest BCUT2D eigenvalue weighted by Crippen LogP contribution is -2.37. The second kappa shape index (κ2) is 14.6. The van der Waals surface area contributed by atoms with Gasteiger partial charge in [-0.15, -0.1) is 0 Å². The molecule has 3 aromatic rings. The maximum atomic E-state index is 13.1. The molecule has 1 heterocycles. The third-order valence-corrected chi connectivity index (χ3v) is 6.38. The number of carbonyl (C=O) groups excluding carboxylic acids is 3. The number of halogens is 1. The Morgan fingerprint density at radius 1 is 1.10 bits per heavy atom. The van der Waals surface area contributed by atoms with Crippen LogP contribution < -0.4 is 10.1 Å². The molecule has 214 valence electrons. The van der Waals surface area contributed by atoms with Crippen molar-refractivity contribution in [1.29, 1.82) is 0 Å². The fourth-order valence-corrected chi connectivity index (χ4v) is 4.35. The molecule has 0 fully saturated rings. The molecule has 0 saturated carbocycles. The first-order valence-electron chi connectivity index (χ1n) is 13.2. The van der Waals surface area contributed by atoms with Crippen molar-refractivity contribution in [3.8, 4) is 17.0 Å². The highest BCUT2D eigenvalue weighted by Crippen LogP contribution is 2.26. The molecule has 2 aromatic carbocycles. The molecule has 40 heavy (non-hydrogen) atoms. The first-order chi connectivity index (χ1) is 19.1. The Morgan fingerprint density at radius 3 is 2.42 bits per heavy atom. The molecule has 10 heteroatoms. The number of likely N-dealkylation sites (N-methyl/N-ethyl adjacent to an activating group) is 1. The molecular formula is C30H37ClN4O5. The molecule has 0 aliphatic rings. The minimum atomic E-state index is -0.325. The fraction of sp³-hybridized carbons (Fsp3) is 0.400. The molecule has 0 bridgehead atoms. The summed E-state index contributed by atoms with van der Waals surface area (Å²) in [5, 5.41) is 3.43. The van der Waals surface area contributed by atoms with Gasteiger partial charge in [0.1, 0.15) is 5.75 Å². The Kier molecular flexibility index (Phi) is 11.3. The zero-order chi connectivity index (χ0) is 29.2. The molecule has 1 N–H and O–H groups in total. The second-order valence-corrected chi connectivity index (χ2v) is 10.3. The number of ether oxygens (including phenoxy) is 2. The Labute approximate surface area is 240 Å². The van der Waals surface area contributed by atoms with Crippen LogP contribution >= 0.6 is 11.6 Å². The third-order valence-electron chi connectivity index (χ3n) is 6.09. The van der Waals surface area contributed by atoms with Crippen molar-refractivity contribution in [2.24, 2.45) is 7.05 Å². The van der Waals surface area contributed by atoms with Crippen LogP contribution in [0.15, 0.2) is 48.7 Å². The van der Waals surface area contributed by atoms with Crippen LogP contribution in [-0.4, -0.2) is 72.0 Å². The molecule has 0 unspecified atom stereocenters. The number of amides is 1. The zero-order valence-electron chi connectivity index (χ0n) is 23.7. The lowest BCUT2D eigenvalue weighted by atomic mass is 10.0. The van der Waals surface area contributed by atoms with Gasteiger partial charge in [-0.1, -0.05) is 42.8 Å². The van der Waals surface area contributed by atoms with Crippen molar-refractivity contribution >= 4 is 29.3 Å². The van der Waals surface area contributed by atoms with E-state index in [1.54, 1.807) is 48.8 Å². The molecule has 0 aliphatic carbocycles. The van der Waals surface area contributed by atoms with Crippen LogP contribution in [0.3, 0.4) is 0 Å². The summed E-state index contributed by atoms with van der Waals surface area (Å²) in [6.45, 7) is 4.38. The number of esters is 1. The van der Waals surface area contributed by atoms with E-state index in [1.165, 1.54) is 6.92 Å². The first kappa shape index (κ1) is 30.8. The van der Waals surface area contributed by atoms with Crippen molar-refractivity contribution in [3.63, 3.8) is 0 Å². The van der Waals surface area contributed by atoms with Gasteiger partial charge in [0, 0.05) is 43.8 Å². The number of hydrogen-bond donors (Lipinski definition) is 1. The lowest BCUT2D eigenvalue weighted by Gasteiger charge is -2.20. The normalized spacial score (nSPS) is 11.8. The summed E-state index contributed by atoms with van der Waals surface area (Å²) in [5.74, 6) is 0.229. The van der Waals surface area contributed by atoms with E-state index in [0.717, 1.165) is 17.5 Å². The standard InChI is InChI=1S/C30H37ClN4O5/c1-6-14-39-27-12-11-23(17-25(27)31)30(38)32-24(13-15-40-28(37)19-34(3)4)16-21-7-9-22(10-8-21)26-18-35(5)29(33-26)20(2)36/h7-12,17-18,24H,6,13-16,19H2,1-5H3,(H,32,38)/t24-/m0/s1. The topological polar surface area (TPSA) is 103 Å². The highest BCUT2D eigenvalue weighted by Gasteiger charge is 2.18. The molecule has 1 aromatic heterocycles. The Bertz CT molecular complexity index is 1320. The summed E-state index contributed by atoms with van der Waals surface area (Å²) in [7, 11) is 5.38. The maximum absolute atomic E-state index is 13.1. The van der Waals surface area contributed by atoms with E-state index >= 15 is 0 Å². The average Bonchev–Trinajstić information content (AvgIpc) is 3.29. The monoisotopic (exact) mass is 568 g/mol. The zero-order valence-corrected chi connectivity index (χ0v) is 24.5. The third kappa shape index (κ3) is 8.93. The molecule has 3 rings (SSSR count). The van der Waals surface area contributed by atoms with Crippen molar-refractivity contribution in [2.75, 3.05) is 33.9 Å². The predicted octanol–water partition coefficient (Wildman–Crippen LogP) is 4.57. The Hall–Kier alpha value is -3.69. The lowest BCUT2D eigenvalue weighted by molar-refractivity contribution is -0.144. The summed E-state index contributed by atoms with van der Waals surface area (Å²) in [5.41, 5.74) is 2.98. The van der Waals surface area contributed by atoms with Crippen molar-refractivity contribution < 1.29 is 23.9 Å². The van der Waals surface area contributed by atoms with E-state index in [4.69, 9.17) is 21.1 Å². The minimum absolute atomic E-state index is 0.0975. The summed E-state index contributed by atoms with van der Waals surface area (Å²) in [6, 6.07) is 12.5. The van der Waals surface area contributed by atoms with Gasteiger partial charge in [0.05, 0.1) is 30.5 Å². The van der Waals surface area contributed by atoms with E-state index in [0.29, 0.717) is 47.3 Å². The molecule has 1 amide bonds. The van der Waals surface area contributed by atoms with Gasteiger partial charge in [0.2, 0.25) is 0 Å². The van der Waals surface area contributed by atoms with Crippen LogP contribution in [0.1, 0.15) is 53.2 Å². The summed E-state index contributed by atoms with van der Waals surface area (Å²) < 4.78 is 12.7. The molecule has 1 atom stereocenters. The minimum Gasteiger partial charge on any atom is -0.492 e. The van der Waals surface area contributed by atoms with Gasteiger partial charge >= 0.3 is 5.97 Å². The maximum Gasteiger partial charge on any atom is 0.320 e. The number of ketones is 1. The SMILES string of the molecule is CCCOc1ccc(C(=O)N[C@@H](CCOC(=O)CN(C)C)Cc2ccc(-c3cn(C)c(C(C)=O)n3)cc2)cc1Cl. The highest BCUT2D eigenvalue weighted by atomic mass is 35.5. The number of hydrogen-bond acceptors (Lipinski definition) is 7. The van der Waals surface area contributed by atoms with E-state index in [2.05, 4.69) is 10.3 Å². The van der Waals surface area contributed by atoms with E-state index in [-0.39, 0.29) is 36.9 Å². The Balaban J connectivity index is 1.72. The number of rotatable bonds is 14. The number of nitrogens with one attached hydrogen (secondary N) is 1. The molecule has 0 aliphatic heterocycles. The first-order valence-corrected chi connectivity index (χ1v) is 13.6. The van der Waals surface area contributed by atoms with Gasteiger partial charge in [0.25, 0.3) is 5.91 Å². The van der Waals surface area contributed by atoms with Gasteiger partial charge in [0.15, 0.2) is 11.6 Å². The molecule has 0 saturated heterocycles. The number of carbonyl (C=O) groups is 3. The smallest absolute Gasteiger partial charge is 0.320 e. The van der Waals surface area contributed by atoms with Gasteiger partial charge < -0.3 is 19.4 Å². The number of aryl methyl sites for hydroxylation is 1. The van der Waals surface area contributed by atoms with E-state index in [9.17, 15) is 14.4 Å². The highest BCUT2D eigenvalue weighted by molar-refractivity contribution is 6.32. The van der Waals surface area contributed by atoms with Gasteiger partial charge in [-0.05, 0) is 50.7 Å². The summed E-state index contributed by atoms with van der Waals surface area (Å²) >= 11 is 6.34.